The quantitative estimate of drug-likeness (QED) is 0.442. The van der Waals surface area contributed by atoms with Crippen LogP contribution in [0.3, 0.4) is 0 Å². The maximum absolute atomic E-state index is 12.2. The molecule has 1 heterocycles. The van der Waals surface area contributed by atoms with Gasteiger partial charge < -0.3 is 0 Å². The Bertz CT molecular complexity index is 1100. The summed E-state index contributed by atoms with van der Waals surface area (Å²) in [6, 6.07) is 14.2. The van der Waals surface area contributed by atoms with Gasteiger partial charge in [0.2, 0.25) is 0 Å². The molecule has 2 aromatic rings. The standard InChI is InChI=1S/C17H13N5O4S/c18-9-4-10-21(19-12-13-5-3-6-14(11-13)22(23)24)17-15-7-1-2-8-16(15)27(25,26)20-17/h1-3,5-8,11-12H,4,10H2/b19-12+. The number of non-ortho nitro benzene ring substituents is 1. The van der Waals surface area contributed by atoms with Crippen LogP contribution in [0.25, 0.3) is 0 Å². The molecule has 0 atom stereocenters. The first-order valence-electron chi connectivity index (χ1n) is 7.79. The number of hydrazone groups is 1. The second-order valence-corrected chi connectivity index (χ2v) is 7.09. The Morgan fingerprint density at radius 1 is 1.26 bits per heavy atom. The summed E-state index contributed by atoms with van der Waals surface area (Å²) in [7, 11) is -3.83. The van der Waals surface area contributed by atoms with Gasteiger partial charge in [0, 0.05) is 23.3 Å². The van der Waals surface area contributed by atoms with E-state index in [-0.39, 0.29) is 29.4 Å². The molecule has 0 unspecified atom stereocenters. The number of fused-ring (bicyclic) bond motifs is 1. The van der Waals surface area contributed by atoms with E-state index in [1.807, 2.05) is 6.07 Å². The third kappa shape index (κ3) is 3.83. The summed E-state index contributed by atoms with van der Waals surface area (Å²) in [6.45, 7) is 0.116. The number of sulfonamides is 1. The summed E-state index contributed by atoms with van der Waals surface area (Å²) in [5.74, 6) is 0.113. The number of nitro groups is 1. The lowest BCUT2D eigenvalue weighted by molar-refractivity contribution is -0.384. The molecule has 0 aromatic heterocycles. The average Bonchev–Trinajstić information content (AvgIpc) is 2.93. The molecule has 3 rings (SSSR count). The minimum Gasteiger partial charge on any atom is -0.258 e. The van der Waals surface area contributed by atoms with Gasteiger partial charge in [0.05, 0.1) is 30.2 Å². The van der Waals surface area contributed by atoms with Crippen molar-refractivity contribution in [1.82, 2.24) is 5.01 Å². The Kier molecular flexibility index (Phi) is 4.96. The lowest BCUT2D eigenvalue weighted by Gasteiger charge is -2.17. The summed E-state index contributed by atoms with van der Waals surface area (Å²) in [5, 5.41) is 25.3. The van der Waals surface area contributed by atoms with E-state index in [0.717, 1.165) is 0 Å². The number of amidine groups is 1. The summed E-state index contributed by atoms with van der Waals surface area (Å²) >= 11 is 0. The van der Waals surface area contributed by atoms with Crippen molar-refractivity contribution in [3.63, 3.8) is 0 Å². The van der Waals surface area contributed by atoms with Gasteiger partial charge >= 0.3 is 0 Å². The predicted octanol–water partition coefficient (Wildman–Crippen LogP) is 2.29. The molecule has 0 radical (unpaired) electrons. The second kappa shape index (κ2) is 7.35. The van der Waals surface area contributed by atoms with Crippen LogP contribution in [0, 0.1) is 21.4 Å². The Hall–Kier alpha value is -3.58. The highest BCUT2D eigenvalue weighted by molar-refractivity contribution is 7.90. The van der Waals surface area contributed by atoms with Crippen LogP contribution in [0.4, 0.5) is 5.69 Å². The van der Waals surface area contributed by atoms with Crippen LogP contribution >= 0.6 is 0 Å². The molecule has 10 heteroatoms. The van der Waals surface area contributed by atoms with E-state index >= 15 is 0 Å². The van der Waals surface area contributed by atoms with Gasteiger partial charge in [-0.1, -0.05) is 24.3 Å². The number of nitrogens with zero attached hydrogens (tertiary/aromatic N) is 5. The molecule has 0 saturated heterocycles. The smallest absolute Gasteiger partial charge is 0.258 e. The minimum atomic E-state index is -3.83. The fraction of sp³-hybridized carbons (Fsp3) is 0.118. The van der Waals surface area contributed by atoms with Gasteiger partial charge in [-0.15, -0.1) is 4.40 Å². The van der Waals surface area contributed by atoms with Crippen molar-refractivity contribution in [1.29, 1.82) is 5.26 Å². The Balaban J connectivity index is 1.98. The molecular weight excluding hydrogens is 370 g/mol. The van der Waals surface area contributed by atoms with Crippen LogP contribution in [0.15, 0.2) is 62.9 Å². The summed E-state index contributed by atoms with van der Waals surface area (Å²) in [5.41, 5.74) is 0.765. The molecular formula is C17H13N5O4S. The molecule has 0 fully saturated rings. The highest BCUT2D eigenvalue weighted by atomic mass is 32.2. The summed E-state index contributed by atoms with van der Waals surface area (Å²) < 4.78 is 28.2. The van der Waals surface area contributed by atoms with Gasteiger partial charge in [0.15, 0.2) is 5.84 Å². The van der Waals surface area contributed by atoms with Crippen molar-refractivity contribution < 1.29 is 13.3 Å². The summed E-state index contributed by atoms with van der Waals surface area (Å²) in [6.07, 6.45) is 1.45. The zero-order valence-electron chi connectivity index (χ0n) is 13.9. The van der Waals surface area contributed by atoms with Crippen LogP contribution in [0.5, 0.6) is 0 Å². The third-order valence-electron chi connectivity index (χ3n) is 3.72. The molecule has 2 aromatic carbocycles. The molecule has 0 saturated carbocycles. The third-order valence-corrected chi connectivity index (χ3v) is 5.04. The number of nitriles is 1. The number of hydrogen-bond donors (Lipinski definition) is 0. The lowest BCUT2D eigenvalue weighted by atomic mass is 10.2. The molecule has 1 aliphatic rings. The minimum absolute atomic E-state index is 0.0764. The number of benzene rings is 2. The van der Waals surface area contributed by atoms with Gasteiger partial charge in [-0.05, 0) is 12.1 Å². The maximum atomic E-state index is 12.2. The molecule has 0 bridgehead atoms. The SMILES string of the molecule is N#CCCN(/N=C/c1cccc([N+](=O)[O-])c1)C1=NS(=O)(=O)c2ccccc21. The largest absolute Gasteiger partial charge is 0.285 e. The van der Waals surface area contributed by atoms with E-state index in [9.17, 15) is 18.5 Å². The molecule has 0 aliphatic carbocycles. The van der Waals surface area contributed by atoms with E-state index in [1.165, 1.54) is 35.5 Å². The predicted molar refractivity (Wildman–Crippen MR) is 97.8 cm³/mol. The van der Waals surface area contributed by atoms with Gasteiger partial charge in [-0.25, -0.2) is 5.01 Å². The van der Waals surface area contributed by atoms with Gasteiger partial charge in [-0.2, -0.15) is 18.8 Å². The number of hydrogen-bond acceptors (Lipinski definition) is 7. The number of rotatable bonds is 5. The van der Waals surface area contributed by atoms with E-state index in [4.69, 9.17) is 5.26 Å². The van der Waals surface area contributed by atoms with Crippen LogP contribution in [0.2, 0.25) is 0 Å². The maximum Gasteiger partial charge on any atom is 0.285 e. The first kappa shape index (κ1) is 18.2. The van der Waals surface area contributed by atoms with Crippen molar-refractivity contribution in [2.24, 2.45) is 9.50 Å². The Morgan fingerprint density at radius 2 is 2.04 bits per heavy atom. The average molecular weight is 383 g/mol. The molecule has 0 amide bonds. The fourth-order valence-corrected chi connectivity index (χ4v) is 3.71. The first-order valence-corrected chi connectivity index (χ1v) is 9.24. The van der Waals surface area contributed by atoms with Crippen molar-refractivity contribution in [3.8, 4) is 6.07 Å². The van der Waals surface area contributed by atoms with Crippen molar-refractivity contribution in [3.05, 3.63) is 69.8 Å². The molecule has 27 heavy (non-hydrogen) atoms. The van der Waals surface area contributed by atoms with Crippen LogP contribution < -0.4 is 0 Å². The first-order chi connectivity index (χ1) is 12.9. The summed E-state index contributed by atoms with van der Waals surface area (Å²) in [4.78, 5) is 10.4. The van der Waals surface area contributed by atoms with Crippen molar-refractivity contribution >= 4 is 27.8 Å². The van der Waals surface area contributed by atoms with Crippen molar-refractivity contribution in [2.75, 3.05) is 6.54 Å². The fourth-order valence-electron chi connectivity index (χ4n) is 2.50. The van der Waals surface area contributed by atoms with E-state index in [1.54, 1.807) is 24.3 Å². The van der Waals surface area contributed by atoms with E-state index < -0.39 is 14.9 Å². The van der Waals surface area contributed by atoms with Gasteiger partial charge in [-0.3, -0.25) is 10.1 Å². The molecule has 1 aliphatic heterocycles. The molecule has 0 N–H and O–H groups in total. The molecule has 9 nitrogen and oxygen atoms in total. The van der Waals surface area contributed by atoms with E-state index in [2.05, 4.69) is 9.50 Å². The molecule has 0 spiro atoms. The zero-order chi connectivity index (χ0) is 19.4. The van der Waals surface area contributed by atoms with Crippen molar-refractivity contribution in [2.45, 2.75) is 11.3 Å². The lowest BCUT2D eigenvalue weighted by Crippen LogP contribution is -2.27. The van der Waals surface area contributed by atoms with Gasteiger partial charge in [0.25, 0.3) is 15.7 Å². The van der Waals surface area contributed by atoms with Crippen LogP contribution in [-0.2, 0) is 10.0 Å². The van der Waals surface area contributed by atoms with Gasteiger partial charge in [0.1, 0.15) is 4.90 Å². The Morgan fingerprint density at radius 3 is 2.78 bits per heavy atom. The second-order valence-electron chi connectivity index (χ2n) is 5.51. The highest BCUT2D eigenvalue weighted by Crippen LogP contribution is 2.27. The van der Waals surface area contributed by atoms with E-state index in [0.29, 0.717) is 11.1 Å². The topological polar surface area (TPSA) is 129 Å². The molecule has 136 valence electrons. The zero-order valence-corrected chi connectivity index (χ0v) is 14.7. The van der Waals surface area contributed by atoms with Crippen LogP contribution in [-0.4, -0.2) is 36.9 Å². The normalized spacial score (nSPS) is 14.4. The Labute approximate surface area is 155 Å². The number of nitro benzene ring substituents is 1. The van der Waals surface area contributed by atoms with Crippen LogP contribution in [0.1, 0.15) is 17.5 Å². The monoisotopic (exact) mass is 383 g/mol. The highest BCUT2D eigenvalue weighted by Gasteiger charge is 2.31.